The Morgan fingerprint density at radius 3 is 3.00 bits per heavy atom. The van der Waals surface area contributed by atoms with Gasteiger partial charge >= 0.3 is 0 Å². The van der Waals surface area contributed by atoms with Crippen molar-refractivity contribution in [2.75, 3.05) is 6.54 Å². The summed E-state index contributed by atoms with van der Waals surface area (Å²) in [5.74, 6) is 0. The zero-order valence-corrected chi connectivity index (χ0v) is 10.5. The zero-order valence-electron chi connectivity index (χ0n) is 10.5. The van der Waals surface area contributed by atoms with Gasteiger partial charge in [0.15, 0.2) is 0 Å². The monoisotopic (exact) mass is 218 g/mol. The van der Waals surface area contributed by atoms with E-state index in [1.165, 1.54) is 16.7 Å². The van der Waals surface area contributed by atoms with Crippen LogP contribution in [-0.2, 0) is 13.0 Å². The maximum atomic E-state index is 3.61. The lowest BCUT2D eigenvalue weighted by Gasteiger charge is -2.28. The van der Waals surface area contributed by atoms with E-state index >= 15 is 0 Å². The van der Waals surface area contributed by atoms with E-state index < -0.39 is 0 Å². The summed E-state index contributed by atoms with van der Waals surface area (Å²) in [7, 11) is 0. The fraction of sp³-hybridized carbons (Fsp3) is 0.571. The molecule has 1 heterocycles. The smallest absolute Gasteiger partial charge is 0.0236 e. The molecule has 1 atom stereocenters. The average molecular weight is 218 g/mol. The molecule has 0 spiro atoms. The normalized spacial score (nSPS) is 19.9. The Kier molecular flexibility index (Phi) is 3.62. The maximum absolute atomic E-state index is 3.61. The molecule has 2 heteroatoms. The second-order valence-electron chi connectivity index (χ2n) is 5.06. The van der Waals surface area contributed by atoms with E-state index in [9.17, 15) is 0 Å². The van der Waals surface area contributed by atoms with Gasteiger partial charge in [-0.05, 0) is 30.0 Å². The molecule has 88 valence electrons. The first kappa shape index (κ1) is 11.6. The summed E-state index contributed by atoms with van der Waals surface area (Å²) in [5, 5.41) is 7.11. The van der Waals surface area contributed by atoms with Crippen LogP contribution in [0, 0.1) is 6.92 Å². The fourth-order valence-electron chi connectivity index (χ4n) is 2.31. The number of hydrogen-bond acceptors (Lipinski definition) is 2. The topological polar surface area (TPSA) is 24.1 Å². The molecule has 1 aromatic rings. The first-order valence-electron chi connectivity index (χ1n) is 6.21. The van der Waals surface area contributed by atoms with Crippen LogP contribution in [-0.4, -0.2) is 18.6 Å². The van der Waals surface area contributed by atoms with Gasteiger partial charge in [-0.2, -0.15) is 0 Å². The first-order valence-corrected chi connectivity index (χ1v) is 6.21. The lowest BCUT2D eigenvalue weighted by molar-refractivity contribution is 0.429. The largest absolute Gasteiger partial charge is 0.313 e. The second-order valence-corrected chi connectivity index (χ2v) is 5.06. The average Bonchev–Trinajstić information content (AvgIpc) is 2.26. The van der Waals surface area contributed by atoms with Gasteiger partial charge < -0.3 is 10.6 Å². The van der Waals surface area contributed by atoms with E-state index in [4.69, 9.17) is 0 Å². The van der Waals surface area contributed by atoms with E-state index in [0.29, 0.717) is 12.1 Å². The first-order chi connectivity index (χ1) is 7.66. The van der Waals surface area contributed by atoms with Crippen molar-refractivity contribution in [3.8, 4) is 0 Å². The molecule has 0 aromatic heterocycles. The standard InChI is InChI=1S/C14H22N2/c1-10(2)15-8-13-7-12-6-4-5-11(3)14(12)9-16-13/h4-6,10,13,15-16H,7-9H2,1-3H3. The van der Waals surface area contributed by atoms with Crippen molar-refractivity contribution in [2.24, 2.45) is 0 Å². The van der Waals surface area contributed by atoms with Gasteiger partial charge in [0.2, 0.25) is 0 Å². The minimum absolute atomic E-state index is 0.570. The fourth-order valence-corrected chi connectivity index (χ4v) is 2.31. The number of fused-ring (bicyclic) bond motifs is 1. The lowest BCUT2D eigenvalue weighted by atomic mass is 9.92. The summed E-state index contributed by atoms with van der Waals surface area (Å²) in [6.07, 6.45) is 1.15. The highest BCUT2D eigenvalue weighted by molar-refractivity contribution is 5.36. The molecule has 0 saturated carbocycles. The number of hydrogen-bond donors (Lipinski definition) is 2. The Bertz CT molecular complexity index is 358. The third kappa shape index (κ3) is 2.63. The molecule has 1 aliphatic heterocycles. The van der Waals surface area contributed by atoms with Gasteiger partial charge in [0.1, 0.15) is 0 Å². The van der Waals surface area contributed by atoms with E-state index in [1.807, 2.05) is 0 Å². The van der Waals surface area contributed by atoms with Crippen molar-refractivity contribution in [2.45, 2.75) is 45.8 Å². The van der Waals surface area contributed by atoms with Gasteiger partial charge in [-0.25, -0.2) is 0 Å². The molecule has 1 aromatic carbocycles. The Balaban J connectivity index is 2.01. The highest BCUT2D eigenvalue weighted by Gasteiger charge is 2.18. The zero-order chi connectivity index (χ0) is 11.5. The lowest BCUT2D eigenvalue weighted by Crippen LogP contribution is -2.44. The molecular weight excluding hydrogens is 196 g/mol. The van der Waals surface area contributed by atoms with Crippen molar-refractivity contribution < 1.29 is 0 Å². The van der Waals surface area contributed by atoms with Gasteiger partial charge in [0.05, 0.1) is 0 Å². The second kappa shape index (κ2) is 4.98. The van der Waals surface area contributed by atoms with Crippen LogP contribution in [0.15, 0.2) is 18.2 Å². The predicted molar refractivity (Wildman–Crippen MR) is 68.6 cm³/mol. The molecule has 0 aliphatic carbocycles. The Morgan fingerprint density at radius 2 is 2.25 bits per heavy atom. The Hall–Kier alpha value is -0.860. The highest BCUT2D eigenvalue weighted by atomic mass is 15.0. The SMILES string of the molecule is Cc1cccc2c1CNC(CNC(C)C)C2. The Labute approximate surface area is 98.4 Å². The molecule has 2 nitrogen and oxygen atoms in total. The summed E-state index contributed by atoms with van der Waals surface area (Å²) < 4.78 is 0. The molecule has 16 heavy (non-hydrogen) atoms. The summed E-state index contributed by atoms with van der Waals surface area (Å²) in [5.41, 5.74) is 4.44. The van der Waals surface area contributed by atoms with Gasteiger partial charge in [-0.3, -0.25) is 0 Å². The highest BCUT2D eigenvalue weighted by Crippen LogP contribution is 2.19. The number of nitrogens with one attached hydrogen (secondary N) is 2. The molecule has 0 saturated heterocycles. The molecule has 0 radical (unpaired) electrons. The molecule has 0 fully saturated rings. The van der Waals surface area contributed by atoms with Crippen LogP contribution in [0.25, 0.3) is 0 Å². The minimum atomic E-state index is 0.570. The molecule has 1 unspecified atom stereocenters. The number of rotatable bonds is 3. The van der Waals surface area contributed by atoms with Gasteiger partial charge in [-0.15, -0.1) is 0 Å². The summed E-state index contributed by atoms with van der Waals surface area (Å²) >= 11 is 0. The van der Waals surface area contributed by atoms with Gasteiger partial charge in [-0.1, -0.05) is 32.0 Å². The van der Waals surface area contributed by atoms with E-state index in [0.717, 1.165) is 19.5 Å². The summed E-state index contributed by atoms with van der Waals surface area (Å²) in [6, 6.07) is 7.79. The van der Waals surface area contributed by atoms with Crippen LogP contribution in [0.4, 0.5) is 0 Å². The van der Waals surface area contributed by atoms with Crippen LogP contribution in [0.1, 0.15) is 30.5 Å². The van der Waals surface area contributed by atoms with Crippen LogP contribution in [0.3, 0.4) is 0 Å². The van der Waals surface area contributed by atoms with Crippen LogP contribution >= 0.6 is 0 Å². The van der Waals surface area contributed by atoms with Crippen molar-refractivity contribution >= 4 is 0 Å². The third-order valence-electron chi connectivity index (χ3n) is 3.31. The maximum Gasteiger partial charge on any atom is 0.0236 e. The van der Waals surface area contributed by atoms with Gasteiger partial charge in [0, 0.05) is 25.2 Å². The summed E-state index contributed by atoms with van der Waals surface area (Å²) in [4.78, 5) is 0. The molecular formula is C14H22N2. The molecule has 2 rings (SSSR count). The minimum Gasteiger partial charge on any atom is -0.313 e. The van der Waals surface area contributed by atoms with Crippen LogP contribution in [0.5, 0.6) is 0 Å². The quantitative estimate of drug-likeness (QED) is 0.811. The van der Waals surface area contributed by atoms with Crippen molar-refractivity contribution in [1.29, 1.82) is 0 Å². The van der Waals surface area contributed by atoms with Crippen LogP contribution in [0.2, 0.25) is 0 Å². The number of benzene rings is 1. The third-order valence-corrected chi connectivity index (χ3v) is 3.31. The Morgan fingerprint density at radius 1 is 1.44 bits per heavy atom. The van der Waals surface area contributed by atoms with Gasteiger partial charge in [0.25, 0.3) is 0 Å². The molecule has 0 amide bonds. The number of aryl methyl sites for hydroxylation is 1. The van der Waals surface area contributed by atoms with Crippen molar-refractivity contribution in [3.63, 3.8) is 0 Å². The van der Waals surface area contributed by atoms with E-state index in [1.54, 1.807) is 0 Å². The predicted octanol–water partition coefficient (Wildman–Crippen LogP) is 2.01. The van der Waals surface area contributed by atoms with E-state index in [2.05, 4.69) is 49.6 Å². The van der Waals surface area contributed by atoms with Crippen molar-refractivity contribution in [1.82, 2.24) is 10.6 Å². The summed E-state index contributed by atoms with van der Waals surface area (Å²) in [6.45, 7) is 8.67. The van der Waals surface area contributed by atoms with Crippen molar-refractivity contribution in [3.05, 3.63) is 34.9 Å². The van der Waals surface area contributed by atoms with E-state index in [-0.39, 0.29) is 0 Å². The molecule has 2 N–H and O–H groups in total. The van der Waals surface area contributed by atoms with Crippen LogP contribution < -0.4 is 10.6 Å². The molecule has 1 aliphatic rings. The molecule has 0 bridgehead atoms.